The number of fused-ring (bicyclic) bond motifs is 2. The standard InChI is InChI=1S/C59H85ClN12O9.Lu/c1-7-42-31-69(37-54(75)76)44(9-3)33-71(39-56(79)80)45(10-4)32-70(38-55(77)78)43(8-2)30-68(42)36-52(73)62-23-12-13-24-65-25-16-19-46(65)40-81-59-63-50-35-66(51-21-15-18-41-17-14-20-49(60)57(41)51)26-22-48(50)58(64-59)67-27-28-72(53(74)11-5)47(34-67)29-61-6;/h11,14-15,17-18,20-21,42-47H,5,7-10,12-13,16,19,22-40H2,1-4H3,(H,62,73)(H,75,76)(H,77,78)(H,79,80);/t42-,43-,44-,45-,46-,47-;/m0./s1. The van der Waals surface area contributed by atoms with Crippen LogP contribution in [0.5, 0.6) is 6.01 Å². The second-order valence-corrected chi connectivity index (χ2v) is 22.5. The summed E-state index contributed by atoms with van der Waals surface area (Å²) in [7, 11) is 0. The molecular weight excluding hydrogens is 1230 g/mol. The van der Waals surface area contributed by atoms with Gasteiger partial charge < -0.3 is 44.9 Å². The monoisotopic (exact) mass is 1320 g/mol. The number of hydrogen-bond acceptors (Lipinski definition) is 15. The van der Waals surface area contributed by atoms with E-state index in [4.69, 9.17) is 32.9 Å². The third-order valence-corrected chi connectivity index (χ3v) is 17.2. The third-order valence-electron chi connectivity index (χ3n) is 16.9. The smallest absolute Gasteiger partial charge is 0.318 e. The normalized spacial score (nSPS) is 22.8. The first-order valence-corrected chi connectivity index (χ1v) is 29.5. The molecule has 7 rings (SSSR count). The van der Waals surface area contributed by atoms with E-state index < -0.39 is 17.9 Å². The molecular formula is C59H85ClLuN12O9. The number of nitrogens with zero attached hydrogens (tertiary/aromatic N) is 11. The molecule has 457 valence electrons. The summed E-state index contributed by atoms with van der Waals surface area (Å²) in [5, 5.41) is 36.1. The number of benzene rings is 2. The molecule has 4 aliphatic rings. The fourth-order valence-electron chi connectivity index (χ4n) is 12.6. The maximum atomic E-state index is 14.0. The molecule has 6 atom stereocenters. The van der Waals surface area contributed by atoms with Gasteiger partial charge in [0.1, 0.15) is 18.5 Å². The van der Waals surface area contributed by atoms with Gasteiger partial charge in [0.2, 0.25) is 18.4 Å². The average Bonchev–Trinajstić information content (AvgIpc) is 3.11. The number of carboxylic acids is 3. The fraction of sp³-hybridized carbons (Fsp3) is 0.627. The van der Waals surface area contributed by atoms with E-state index >= 15 is 0 Å². The van der Waals surface area contributed by atoms with E-state index in [1.165, 1.54) is 6.08 Å². The third kappa shape index (κ3) is 17.6. The zero-order valence-corrected chi connectivity index (χ0v) is 50.6. The van der Waals surface area contributed by atoms with E-state index in [1.54, 1.807) is 4.90 Å². The first-order valence-electron chi connectivity index (χ1n) is 29.2. The number of hydrogen-bond donors (Lipinski definition) is 4. The predicted octanol–water partition coefficient (Wildman–Crippen LogP) is 5.30. The summed E-state index contributed by atoms with van der Waals surface area (Å²) in [6, 6.07) is 11.1. The molecule has 0 bridgehead atoms. The molecule has 3 saturated heterocycles. The molecule has 0 spiro atoms. The van der Waals surface area contributed by atoms with E-state index in [-0.39, 0.29) is 124 Å². The molecule has 3 fully saturated rings. The summed E-state index contributed by atoms with van der Waals surface area (Å²) in [5.41, 5.74) is 2.93. The minimum absolute atomic E-state index is 0. The predicted molar refractivity (Wildman–Crippen MR) is 313 cm³/mol. The number of ether oxygens (including phenoxy) is 1. The zero-order chi connectivity index (χ0) is 58.2. The Hall–Kier alpha value is -4.92. The Morgan fingerprint density at radius 1 is 0.732 bits per heavy atom. The number of piperazine rings is 1. The Morgan fingerprint density at radius 3 is 1.88 bits per heavy atom. The number of unbranched alkanes of at least 4 members (excludes halogenated alkanes) is 1. The quantitative estimate of drug-likeness (QED) is 0.0508. The fourth-order valence-corrected chi connectivity index (χ4v) is 12.9. The van der Waals surface area contributed by atoms with E-state index in [1.807, 2.05) is 60.6 Å². The van der Waals surface area contributed by atoms with Crippen LogP contribution in [0, 0.1) is 43.4 Å². The van der Waals surface area contributed by atoms with Crippen LogP contribution in [0.3, 0.4) is 0 Å². The van der Waals surface area contributed by atoms with Crippen molar-refractivity contribution in [1.29, 1.82) is 0 Å². The van der Waals surface area contributed by atoms with E-state index in [0.29, 0.717) is 109 Å². The van der Waals surface area contributed by atoms with Crippen LogP contribution in [0.4, 0.5) is 11.5 Å². The van der Waals surface area contributed by atoms with Crippen molar-refractivity contribution < 1.29 is 80.9 Å². The van der Waals surface area contributed by atoms with E-state index in [2.05, 4.69) is 54.5 Å². The minimum atomic E-state index is -1.00. The van der Waals surface area contributed by atoms with Gasteiger partial charge in [0.15, 0.2) is 0 Å². The van der Waals surface area contributed by atoms with Gasteiger partial charge in [0.05, 0.1) is 43.4 Å². The van der Waals surface area contributed by atoms with Crippen molar-refractivity contribution in [3.8, 4) is 6.01 Å². The van der Waals surface area contributed by atoms with Crippen molar-refractivity contribution in [2.75, 3.05) is 121 Å². The van der Waals surface area contributed by atoms with Crippen LogP contribution < -0.4 is 19.9 Å². The second kappa shape index (κ2) is 32.4. The van der Waals surface area contributed by atoms with Crippen LogP contribution in [-0.4, -0.2) is 232 Å². The van der Waals surface area contributed by atoms with Crippen molar-refractivity contribution >= 4 is 63.6 Å². The van der Waals surface area contributed by atoms with Gasteiger partial charge in [-0.05, 0) is 94.5 Å². The van der Waals surface area contributed by atoms with Crippen molar-refractivity contribution in [2.24, 2.45) is 0 Å². The maximum absolute atomic E-state index is 14.0. The molecule has 0 saturated carbocycles. The molecule has 1 radical (unpaired) electrons. The molecule has 4 N–H and O–H groups in total. The van der Waals surface area contributed by atoms with Crippen molar-refractivity contribution in [3.63, 3.8) is 0 Å². The average molecular weight is 1320 g/mol. The van der Waals surface area contributed by atoms with Gasteiger partial charge in [-0.2, -0.15) is 9.97 Å². The van der Waals surface area contributed by atoms with Gasteiger partial charge in [-0.15, -0.1) is 0 Å². The Labute approximate surface area is 517 Å². The molecule has 0 aliphatic carbocycles. The van der Waals surface area contributed by atoms with Gasteiger partial charge in [-0.3, -0.25) is 48.5 Å². The number of amides is 2. The zero-order valence-electron chi connectivity index (χ0n) is 48.2. The molecule has 1 aromatic heterocycles. The van der Waals surface area contributed by atoms with E-state index in [0.717, 1.165) is 72.3 Å². The second-order valence-electron chi connectivity index (χ2n) is 22.1. The summed E-state index contributed by atoms with van der Waals surface area (Å²) in [6.45, 7) is 25.3. The number of anilines is 2. The van der Waals surface area contributed by atoms with Crippen molar-refractivity contribution in [1.82, 2.24) is 44.7 Å². The molecule has 5 heterocycles. The number of nitrogens with one attached hydrogen (secondary N) is 1. The maximum Gasteiger partial charge on any atom is 0.318 e. The van der Waals surface area contributed by atoms with Gasteiger partial charge in [-0.1, -0.05) is 70.1 Å². The number of aromatic nitrogens is 2. The minimum Gasteiger partial charge on any atom is -0.480 e. The number of halogens is 1. The largest absolute Gasteiger partial charge is 0.480 e. The molecule has 2 aromatic carbocycles. The van der Waals surface area contributed by atoms with Gasteiger partial charge in [0, 0.05) is 143 Å². The number of rotatable bonds is 24. The Morgan fingerprint density at radius 2 is 1.32 bits per heavy atom. The van der Waals surface area contributed by atoms with Gasteiger partial charge in [0.25, 0.3) is 0 Å². The number of carbonyl (C=O) groups excluding carboxylic acids is 2. The first kappa shape index (κ1) is 66.2. The molecule has 23 heteroatoms. The van der Waals surface area contributed by atoms with Gasteiger partial charge in [-0.25, -0.2) is 6.57 Å². The summed E-state index contributed by atoms with van der Waals surface area (Å²) in [4.78, 5) is 94.1. The van der Waals surface area contributed by atoms with Crippen molar-refractivity contribution in [2.45, 2.75) is 128 Å². The first-order chi connectivity index (χ1) is 39.1. The molecule has 82 heavy (non-hydrogen) atoms. The Kier molecular flexibility index (Phi) is 26.2. The number of carboxylic acid groups (broad SMARTS) is 3. The Bertz CT molecular complexity index is 2680. The summed E-state index contributed by atoms with van der Waals surface area (Å²) >= 11 is 6.82. The molecule has 3 aromatic rings. The van der Waals surface area contributed by atoms with Crippen LogP contribution in [0.15, 0.2) is 49.1 Å². The summed E-state index contributed by atoms with van der Waals surface area (Å²) < 4.78 is 6.59. The summed E-state index contributed by atoms with van der Waals surface area (Å²) in [6.07, 6.45) is 7.84. The molecule has 2 amide bonds. The summed E-state index contributed by atoms with van der Waals surface area (Å²) in [5.74, 6) is -2.56. The van der Waals surface area contributed by atoms with Crippen LogP contribution in [-0.2, 0) is 36.9 Å². The molecule has 21 nitrogen and oxygen atoms in total. The van der Waals surface area contributed by atoms with E-state index in [9.17, 15) is 39.3 Å². The molecule has 0 unspecified atom stereocenters. The number of aliphatic carboxylic acids is 3. The van der Waals surface area contributed by atoms with Crippen LogP contribution >= 0.6 is 11.6 Å². The Balaban J connectivity index is 0.0000108. The van der Waals surface area contributed by atoms with Gasteiger partial charge >= 0.3 is 23.9 Å². The SMILES string of the molecule is [C-]#[N+]C[C@H]1CN(c2nc(OC[C@@H]3CCCN3CCCCNC(=O)CN3C[C@H](CC)N(CC(=O)O)C[C@H](CC)N(CC(=O)O)C[C@H](CC)N(CC(=O)O)C[C@@H]3CC)nc3c2CCN(c2cccc4cccc(Cl)c24)C3)CCN1C(=O)C=C.[Lu]. The van der Waals surface area contributed by atoms with Crippen LogP contribution in [0.2, 0.25) is 5.02 Å². The number of carbonyl (C=O) groups is 5. The number of likely N-dealkylation sites (tertiary alicyclic amines) is 1. The van der Waals surface area contributed by atoms with Crippen LogP contribution in [0.25, 0.3) is 15.6 Å². The topological polar surface area (TPSA) is 223 Å². The van der Waals surface area contributed by atoms with Crippen LogP contribution in [0.1, 0.15) is 90.3 Å². The van der Waals surface area contributed by atoms with Crippen molar-refractivity contribution in [3.05, 3.63) is 76.8 Å². The molecule has 4 aliphatic heterocycles.